The number of hydrogen-bond donors (Lipinski definition) is 2. The first-order chi connectivity index (χ1) is 19.7. The number of nitrogens with one attached hydrogen (secondary N) is 2. The second-order valence-corrected chi connectivity index (χ2v) is 12.9. The summed E-state index contributed by atoms with van der Waals surface area (Å²) in [5, 5.41) is 7.42. The molecule has 0 saturated carbocycles. The van der Waals surface area contributed by atoms with Crippen molar-refractivity contribution in [3.63, 3.8) is 0 Å². The third kappa shape index (κ3) is 9.05. The van der Waals surface area contributed by atoms with Gasteiger partial charge in [-0.3, -0.25) is 19.2 Å². The summed E-state index contributed by atoms with van der Waals surface area (Å²) in [6, 6.07) is 0.00132. The summed E-state index contributed by atoms with van der Waals surface area (Å²) < 4.78 is 11.5. The molecule has 5 amide bonds. The molecule has 2 N–H and O–H groups in total. The average Bonchev–Trinajstić information content (AvgIpc) is 3.51. The molecule has 3 heterocycles. The lowest BCUT2D eigenvalue weighted by molar-refractivity contribution is -0.140. The van der Waals surface area contributed by atoms with Gasteiger partial charge >= 0.3 is 6.09 Å². The molecule has 2 aliphatic rings. The number of alkyl carbamates (subject to hydrolysis) is 1. The van der Waals surface area contributed by atoms with E-state index >= 15 is 0 Å². The predicted molar refractivity (Wildman–Crippen MR) is 157 cm³/mol. The van der Waals surface area contributed by atoms with Gasteiger partial charge in [0, 0.05) is 40.2 Å². The third-order valence-electron chi connectivity index (χ3n) is 7.09. The first-order valence-electron chi connectivity index (χ1n) is 14.1. The minimum absolute atomic E-state index is 0.0345. The molecule has 1 saturated heterocycles. The number of thiophene rings is 1. The molecule has 42 heavy (non-hydrogen) atoms. The van der Waals surface area contributed by atoms with E-state index in [-0.39, 0.29) is 56.3 Å². The van der Waals surface area contributed by atoms with Crippen molar-refractivity contribution in [1.82, 2.24) is 30.2 Å². The maximum Gasteiger partial charge on any atom is 0.407 e. The highest BCUT2D eigenvalue weighted by molar-refractivity contribution is 7.12. The van der Waals surface area contributed by atoms with Gasteiger partial charge < -0.3 is 39.7 Å². The van der Waals surface area contributed by atoms with E-state index in [0.29, 0.717) is 30.1 Å². The Morgan fingerprint density at radius 3 is 2.55 bits per heavy atom. The lowest BCUT2D eigenvalue weighted by Gasteiger charge is -2.28. The standard InChI is InChI=1S/C28H44N6O7S/c1-28(2,3)41-27(39)30-18-14-19-17-40-21-10-13-42-24(21)26(38)33(7)20(25(37)29-11-12-31(4)5)8-9-22(35)32(6)16-23(36)34(19)15-18/h10,13,18-20H,8-9,11-12,14-17H2,1-7H3,(H,29,37)(H,30,39)/t18-,19+,20+/m1/s1. The van der Waals surface area contributed by atoms with E-state index in [0.717, 1.165) is 0 Å². The van der Waals surface area contributed by atoms with Gasteiger partial charge in [0.25, 0.3) is 5.91 Å². The van der Waals surface area contributed by atoms with Crippen molar-refractivity contribution in [3.05, 3.63) is 16.3 Å². The molecule has 0 radical (unpaired) electrons. The maximum atomic E-state index is 13.6. The number of carbonyl (C=O) groups excluding carboxylic acids is 5. The molecule has 3 atom stereocenters. The van der Waals surface area contributed by atoms with Crippen LogP contribution in [0.15, 0.2) is 11.4 Å². The van der Waals surface area contributed by atoms with Crippen molar-refractivity contribution in [2.45, 2.75) is 63.8 Å². The van der Waals surface area contributed by atoms with Crippen LogP contribution in [0.1, 0.15) is 49.7 Å². The molecule has 0 unspecified atom stereocenters. The zero-order chi connectivity index (χ0) is 31.2. The summed E-state index contributed by atoms with van der Waals surface area (Å²) in [6.45, 7) is 6.44. The van der Waals surface area contributed by atoms with Crippen molar-refractivity contribution in [2.75, 3.05) is 61.0 Å². The number of carbonyl (C=O) groups is 5. The molecule has 13 nitrogen and oxygen atoms in total. The SMILES string of the molecule is CN(C)CCNC(=O)[C@@H]1CCC(=O)N(C)CC(=O)N2C[C@H](NC(=O)OC(C)(C)C)C[C@H]2COc2ccsc2C(=O)N1C. The summed E-state index contributed by atoms with van der Waals surface area (Å²) in [5.41, 5.74) is -0.671. The molecule has 0 aromatic carbocycles. The lowest BCUT2D eigenvalue weighted by Crippen LogP contribution is -2.49. The zero-order valence-electron chi connectivity index (χ0n) is 25.6. The van der Waals surface area contributed by atoms with E-state index in [1.54, 1.807) is 44.2 Å². The van der Waals surface area contributed by atoms with Gasteiger partial charge in [-0.1, -0.05) is 0 Å². The Kier molecular flexibility index (Phi) is 11.2. The number of amides is 5. The van der Waals surface area contributed by atoms with Crippen molar-refractivity contribution < 1.29 is 33.4 Å². The summed E-state index contributed by atoms with van der Waals surface area (Å²) >= 11 is 1.19. The summed E-state index contributed by atoms with van der Waals surface area (Å²) in [6.07, 6.45) is -0.119. The highest BCUT2D eigenvalue weighted by Crippen LogP contribution is 2.29. The van der Waals surface area contributed by atoms with Crippen LogP contribution in [-0.4, -0.2) is 134 Å². The summed E-state index contributed by atoms with van der Waals surface area (Å²) in [4.78, 5) is 72.2. The van der Waals surface area contributed by atoms with Crippen molar-refractivity contribution >= 4 is 41.1 Å². The van der Waals surface area contributed by atoms with E-state index in [2.05, 4.69) is 10.6 Å². The van der Waals surface area contributed by atoms with Gasteiger partial charge in [-0.2, -0.15) is 0 Å². The smallest absolute Gasteiger partial charge is 0.407 e. The van der Waals surface area contributed by atoms with Crippen LogP contribution >= 0.6 is 11.3 Å². The molecule has 3 rings (SSSR count). The lowest BCUT2D eigenvalue weighted by atomic mass is 10.1. The predicted octanol–water partition coefficient (Wildman–Crippen LogP) is 0.992. The van der Waals surface area contributed by atoms with Crippen LogP contribution in [0, 0.1) is 0 Å². The van der Waals surface area contributed by atoms with Crippen LogP contribution in [0.2, 0.25) is 0 Å². The Bertz CT molecular complexity index is 1150. The number of ether oxygens (including phenoxy) is 2. The van der Waals surface area contributed by atoms with Crippen LogP contribution in [0.3, 0.4) is 0 Å². The largest absolute Gasteiger partial charge is 0.490 e. The molecular weight excluding hydrogens is 564 g/mol. The Morgan fingerprint density at radius 2 is 1.88 bits per heavy atom. The van der Waals surface area contributed by atoms with Crippen LogP contribution in [-0.2, 0) is 19.1 Å². The fourth-order valence-electron chi connectivity index (χ4n) is 4.87. The minimum Gasteiger partial charge on any atom is -0.490 e. The van der Waals surface area contributed by atoms with Gasteiger partial charge in [-0.05, 0) is 59.2 Å². The van der Waals surface area contributed by atoms with Gasteiger partial charge in [-0.25, -0.2) is 4.79 Å². The Morgan fingerprint density at radius 1 is 1.17 bits per heavy atom. The number of nitrogens with zero attached hydrogens (tertiary/aromatic N) is 4. The number of likely N-dealkylation sites (N-methyl/N-ethyl adjacent to an activating group) is 3. The number of hydrogen-bond acceptors (Lipinski definition) is 9. The van der Waals surface area contributed by atoms with Gasteiger partial charge in [-0.15, -0.1) is 11.3 Å². The average molecular weight is 609 g/mol. The molecule has 234 valence electrons. The number of rotatable bonds is 5. The molecule has 0 aliphatic carbocycles. The van der Waals surface area contributed by atoms with E-state index in [1.807, 2.05) is 19.0 Å². The van der Waals surface area contributed by atoms with E-state index in [1.165, 1.54) is 28.2 Å². The fraction of sp³-hybridized carbons (Fsp3) is 0.679. The molecule has 14 heteroatoms. The maximum absolute atomic E-state index is 13.6. The number of fused-ring (bicyclic) bond motifs is 2. The Labute approximate surface area is 251 Å². The quantitative estimate of drug-likeness (QED) is 0.505. The van der Waals surface area contributed by atoms with Crippen LogP contribution in [0.4, 0.5) is 4.79 Å². The van der Waals surface area contributed by atoms with Crippen LogP contribution in [0.25, 0.3) is 0 Å². The van der Waals surface area contributed by atoms with Crippen molar-refractivity contribution in [2.24, 2.45) is 0 Å². The molecule has 0 spiro atoms. The van der Waals surface area contributed by atoms with Gasteiger partial charge in [0.05, 0.1) is 18.6 Å². The Hall–Kier alpha value is -3.39. The van der Waals surface area contributed by atoms with E-state index in [9.17, 15) is 24.0 Å². The summed E-state index contributed by atoms with van der Waals surface area (Å²) in [7, 11) is 6.86. The highest BCUT2D eigenvalue weighted by Gasteiger charge is 2.38. The van der Waals surface area contributed by atoms with Gasteiger partial charge in [0.1, 0.15) is 28.9 Å². The molecule has 0 bridgehead atoms. The van der Waals surface area contributed by atoms with Crippen LogP contribution < -0.4 is 15.4 Å². The summed E-state index contributed by atoms with van der Waals surface area (Å²) in [5.74, 6) is -1.02. The van der Waals surface area contributed by atoms with Crippen molar-refractivity contribution in [3.8, 4) is 5.75 Å². The molecule has 1 fully saturated rings. The second-order valence-electron chi connectivity index (χ2n) is 12.0. The first kappa shape index (κ1) is 33.1. The molecule has 2 aliphatic heterocycles. The minimum atomic E-state index is -0.893. The zero-order valence-corrected chi connectivity index (χ0v) is 26.4. The van der Waals surface area contributed by atoms with E-state index < -0.39 is 29.7 Å². The fourth-order valence-corrected chi connectivity index (χ4v) is 5.68. The van der Waals surface area contributed by atoms with Gasteiger partial charge in [0.2, 0.25) is 17.7 Å². The molecule has 1 aromatic rings. The first-order valence-corrected chi connectivity index (χ1v) is 15.0. The van der Waals surface area contributed by atoms with Crippen molar-refractivity contribution in [1.29, 1.82) is 0 Å². The third-order valence-corrected chi connectivity index (χ3v) is 7.97. The monoisotopic (exact) mass is 608 g/mol. The van der Waals surface area contributed by atoms with E-state index in [4.69, 9.17) is 9.47 Å². The Balaban J connectivity index is 1.84. The topological polar surface area (TPSA) is 141 Å². The van der Waals surface area contributed by atoms with Crippen LogP contribution in [0.5, 0.6) is 5.75 Å². The molecular formula is C28H44N6O7S. The second kappa shape index (κ2) is 14.2. The normalized spacial score (nSPS) is 22.6. The molecule has 1 aromatic heterocycles. The van der Waals surface area contributed by atoms with Gasteiger partial charge in [0.15, 0.2) is 0 Å². The highest BCUT2D eigenvalue weighted by atomic mass is 32.1.